The molecule has 8 heteroatoms. The summed E-state index contributed by atoms with van der Waals surface area (Å²) in [6, 6.07) is 7.71. The van der Waals surface area contributed by atoms with Crippen molar-refractivity contribution < 1.29 is 14.0 Å². The van der Waals surface area contributed by atoms with Gasteiger partial charge in [-0.05, 0) is 57.5 Å². The van der Waals surface area contributed by atoms with Gasteiger partial charge in [-0.15, -0.1) is 0 Å². The van der Waals surface area contributed by atoms with Crippen molar-refractivity contribution in [3.05, 3.63) is 59.2 Å². The summed E-state index contributed by atoms with van der Waals surface area (Å²) in [4.78, 5) is 35.2. The molecule has 0 radical (unpaired) electrons. The van der Waals surface area contributed by atoms with Gasteiger partial charge in [0, 0.05) is 24.5 Å². The average molecular weight is 397 g/mol. The molecule has 29 heavy (non-hydrogen) atoms. The Morgan fingerprint density at radius 2 is 1.93 bits per heavy atom. The monoisotopic (exact) mass is 397 g/mol. The van der Waals surface area contributed by atoms with E-state index in [1.54, 1.807) is 39.8 Å². The zero-order valence-electron chi connectivity index (χ0n) is 17.1. The van der Waals surface area contributed by atoms with Crippen molar-refractivity contribution in [3.63, 3.8) is 0 Å². The van der Waals surface area contributed by atoms with Crippen molar-refractivity contribution in [2.45, 2.75) is 33.2 Å². The van der Waals surface area contributed by atoms with E-state index >= 15 is 0 Å². The van der Waals surface area contributed by atoms with E-state index in [9.17, 15) is 14.0 Å². The molecular weight excluding hydrogens is 373 g/mol. The van der Waals surface area contributed by atoms with E-state index in [4.69, 9.17) is 5.73 Å². The number of aromatic nitrogens is 1. The number of hydrogen-bond acceptors (Lipinski definition) is 5. The van der Waals surface area contributed by atoms with Gasteiger partial charge in [0.2, 0.25) is 5.91 Å². The molecule has 0 saturated carbocycles. The lowest BCUT2D eigenvalue weighted by Gasteiger charge is -2.46. The molecule has 3 rings (SSSR count). The molecule has 0 fully saturated rings. The zero-order valence-corrected chi connectivity index (χ0v) is 17.1. The molecule has 3 N–H and O–H groups in total. The maximum atomic E-state index is 14.9. The molecule has 0 saturated heterocycles. The van der Waals surface area contributed by atoms with Gasteiger partial charge in [-0.2, -0.15) is 0 Å². The molecule has 1 aliphatic rings. The van der Waals surface area contributed by atoms with Crippen LogP contribution in [0.3, 0.4) is 0 Å². The molecule has 1 aromatic carbocycles. The maximum absolute atomic E-state index is 14.9. The minimum absolute atomic E-state index is 0.00905. The second kappa shape index (κ2) is 6.95. The number of nitrogens with zero attached hydrogens (tertiary/aromatic N) is 3. The zero-order chi connectivity index (χ0) is 21.6. The number of benzene rings is 1. The van der Waals surface area contributed by atoms with E-state index in [0.29, 0.717) is 5.69 Å². The van der Waals surface area contributed by atoms with Gasteiger partial charge in [-0.3, -0.25) is 19.5 Å². The Kier molecular flexibility index (Phi) is 4.90. The summed E-state index contributed by atoms with van der Waals surface area (Å²) in [7, 11) is 1.53. The SMILES string of the molecule is Cc1cccnc1C(=O)Nc1ccc(F)c(C2(C)N=C(N)N(C)C(=O)C2(C)C)c1. The molecule has 1 atom stereocenters. The molecule has 0 aliphatic carbocycles. The van der Waals surface area contributed by atoms with E-state index in [0.717, 1.165) is 5.56 Å². The first-order chi connectivity index (χ1) is 13.5. The van der Waals surface area contributed by atoms with Crippen LogP contribution >= 0.6 is 0 Å². The van der Waals surface area contributed by atoms with Crippen molar-refractivity contribution in [2.24, 2.45) is 16.1 Å². The van der Waals surface area contributed by atoms with Crippen molar-refractivity contribution in [3.8, 4) is 0 Å². The standard InChI is InChI=1S/C21H24FN5O2/c1-12-7-6-10-24-16(12)17(28)25-13-8-9-15(22)14(11-13)21(4)20(2,3)18(29)27(5)19(23)26-21/h6-11H,1-5H3,(H2,23,26)(H,25,28). The number of amides is 2. The number of carbonyl (C=O) groups excluding carboxylic acids is 2. The minimum atomic E-state index is -1.26. The molecule has 2 amide bonds. The fraction of sp³-hybridized carbons (Fsp3) is 0.333. The predicted octanol–water partition coefficient (Wildman–Crippen LogP) is 2.81. The van der Waals surface area contributed by atoms with Crippen LogP contribution < -0.4 is 11.1 Å². The third-order valence-electron chi connectivity index (χ3n) is 5.71. The second-order valence-corrected chi connectivity index (χ2v) is 7.85. The van der Waals surface area contributed by atoms with Gasteiger partial charge in [0.15, 0.2) is 5.96 Å². The number of nitrogens with two attached hydrogens (primary N) is 1. The number of aliphatic imine (C=N–C) groups is 1. The Bertz CT molecular complexity index is 1030. The Balaban J connectivity index is 2.05. The Morgan fingerprint density at radius 1 is 1.24 bits per heavy atom. The molecule has 1 aliphatic heterocycles. The first kappa shape index (κ1) is 20.4. The van der Waals surface area contributed by atoms with Gasteiger partial charge in [-0.25, -0.2) is 9.38 Å². The van der Waals surface area contributed by atoms with Crippen LogP contribution in [0.1, 0.15) is 42.4 Å². The Labute approximate surface area is 168 Å². The Morgan fingerprint density at radius 3 is 2.59 bits per heavy atom. The van der Waals surface area contributed by atoms with Gasteiger partial charge in [0.1, 0.15) is 17.1 Å². The predicted molar refractivity (Wildman–Crippen MR) is 109 cm³/mol. The quantitative estimate of drug-likeness (QED) is 0.832. The minimum Gasteiger partial charge on any atom is -0.369 e. The molecule has 0 bridgehead atoms. The lowest BCUT2D eigenvalue weighted by atomic mass is 9.67. The lowest BCUT2D eigenvalue weighted by Crippen LogP contribution is -2.58. The van der Waals surface area contributed by atoms with Gasteiger partial charge in [-0.1, -0.05) is 6.07 Å². The van der Waals surface area contributed by atoms with Gasteiger partial charge in [0.25, 0.3) is 5.91 Å². The maximum Gasteiger partial charge on any atom is 0.274 e. The third kappa shape index (κ3) is 3.24. The van der Waals surface area contributed by atoms with Crippen molar-refractivity contribution in [1.29, 1.82) is 0 Å². The van der Waals surface area contributed by atoms with E-state index in [1.165, 1.54) is 36.3 Å². The number of rotatable bonds is 3. The highest BCUT2D eigenvalue weighted by atomic mass is 19.1. The smallest absolute Gasteiger partial charge is 0.274 e. The first-order valence-electron chi connectivity index (χ1n) is 9.15. The number of pyridine rings is 1. The third-order valence-corrected chi connectivity index (χ3v) is 5.71. The van der Waals surface area contributed by atoms with Crippen LogP contribution in [0, 0.1) is 18.2 Å². The lowest BCUT2D eigenvalue weighted by molar-refractivity contribution is -0.140. The molecule has 152 valence electrons. The number of anilines is 1. The van der Waals surface area contributed by atoms with E-state index in [-0.39, 0.29) is 23.1 Å². The molecule has 1 unspecified atom stereocenters. The van der Waals surface area contributed by atoms with Crippen LogP contribution in [0.2, 0.25) is 0 Å². The number of aryl methyl sites for hydroxylation is 1. The normalized spacial score (nSPS) is 21.0. The number of hydrogen-bond donors (Lipinski definition) is 2. The molecule has 0 spiro atoms. The van der Waals surface area contributed by atoms with E-state index < -0.39 is 22.7 Å². The first-order valence-corrected chi connectivity index (χ1v) is 9.15. The van der Waals surface area contributed by atoms with Crippen LogP contribution in [-0.4, -0.2) is 34.7 Å². The van der Waals surface area contributed by atoms with E-state index in [1.807, 2.05) is 0 Å². The highest BCUT2D eigenvalue weighted by Crippen LogP contribution is 2.47. The van der Waals surface area contributed by atoms with Gasteiger partial charge in [0.05, 0.1) is 5.41 Å². The fourth-order valence-electron chi connectivity index (χ4n) is 3.46. The van der Waals surface area contributed by atoms with Crippen molar-refractivity contribution in [2.75, 3.05) is 12.4 Å². The van der Waals surface area contributed by atoms with E-state index in [2.05, 4.69) is 15.3 Å². The summed E-state index contributed by atoms with van der Waals surface area (Å²) in [6.45, 7) is 6.84. The summed E-state index contributed by atoms with van der Waals surface area (Å²) in [5.41, 5.74) is 5.14. The van der Waals surface area contributed by atoms with Gasteiger partial charge >= 0.3 is 0 Å². The van der Waals surface area contributed by atoms with Crippen LogP contribution in [-0.2, 0) is 10.3 Å². The van der Waals surface area contributed by atoms with Crippen LogP contribution in [0.15, 0.2) is 41.5 Å². The number of carbonyl (C=O) groups is 2. The number of halogens is 1. The summed E-state index contributed by atoms with van der Waals surface area (Å²) in [5, 5.41) is 2.74. The van der Waals surface area contributed by atoms with Crippen LogP contribution in [0.5, 0.6) is 0 Å². The summed E-state index contributed by atoms with van der Waals surface area (Å²) in [5.74, 6) is -1.21. The fourth-order valence-corrected chi connectivity index (χ4v) is 3.46. The Hall–Kier alpha value is -3.29. The summed E-state index contributed by atoms with van der Waals surface area (Å²) in [6.07, 6.45) is 1.53. The highest BCUT2D eigenvalue weighted by Gasteiger charge is 2.53. The van der Waals surface area contributed by atoms with Gasteiger partial charge < -0.3 is 11.1 Å². The molecule has 2 aromatic rings. The van der Waals surface area contributed by atoms with Crippen LogP contribution in [0.25, 0.3) is 0 Å². The topological polar surface area (TPSA) is 101 Å². The van der Waals surface area contributed by atoms with Crippen molar-refractivity contribution >= 4 is 23.5 Å². The van der Waals surface area contributed by atoms with Crippen LogP contribution in [0.4, 0.5) is 10.1 Å². The largest absolute Gasteiger partial charge is 0.369 e. The molecule has 7 nitrogen and oxygen atoms in total. The molecule has 2 heterocycles. The number of nitrogens with one attached hydrogen (secondary N) is 1. The summed E-state index contributed by atoms with van der Waals surface area (Å²) >= 11 is 0. The summed E-state index contributed by atoms with van der Waals surface area (Å²) < 4.78 is 14.9. The number of guanidine groups is 1. The second-order valence-electron chi connectivity index (χ2n) is 7.85. The van der Waals surface area contributed by atoms with Crippen molar-refractivity contribution in [1.82, 2.24) is 9.88 Å². The molecule has 1 aromatic heterocycles. The molecular formula is C21H24FN5O2. The highest BCUT2D eigenvalue weighted by molar-refractivity contribution is 6.04. The average Bonchev–Trinajstić information content (AvgIpc) is 2.67.